The van der Waals surface area contributed by atoms with E-state index in [0.29, 0.717) is 27.0 Å². The first-order valence-electron chi connectivity index (χ1n) is 8.86. The Labute approximate surface area is 172 Å². The van der Waals surface area contributed by atoms with Crippen LogP contribution in [0.5, 0.6) is 0 Å². The van der Waals surface area contributed by atoms with Crippen LogP contribution in [0.1, 0.15) is 32.8 Å². The van der Waals surface area contributed by atoms with Crippen LogP contribution in [-0.4, -0.2) is 16.8 Å². The van der Waals surface area contributed by atoms with Crippen LogP contribution in [0.25, 0.3) is 0 Å². The second-order valence-corrected chi connectivity index (χ2v) is 8.67. The molecule has 1 aliphatic rings. The molecule has 0 radical (unpaired) electrons. The van der Waals surface area contributed by atoms with E-state index in [0.717, 1.165) is 22.5 Å². The fourth-order valence-corrected chi connectivity index (χ4v) is 4.47. The van der Waals surface area contributed by atoms with E-state index >= 15 is 0 Å². The highest BCUT2D eigenvalue weighted by Gasteiger charge is 2.50. The monoisotopic (exact) mass is 411 g/mol. The molecular weight excluding hydrogens is 394 g/mol. The molecule has 28 heavy (non-hydrogen) atoms. The lowest BCUT2D eigenvalue weighted by Crippen LogP contribution is -2.41. The summed E-state index contributed by atoms with van der Waals surface area (Å²) >= 11 is 7.06. The summed E-state index contributed by atoms with van der Waals surface area (Å²) in [5.41, 5.74) is 1.30. The van der Waals surface area contributed by atoms with Gasteiger partial charge in [-0.3, -0.25) is 9.59 Å². The van der Waals surface area contributed by atoms with Crippen LogP contribution in [0.2, 0.25) is 4.34 Å². The van der Waals surface area contributed by atoms with Crippen molar-refractivity contribution in [3.8, 4) is 0 Å². The van der Waals surface area contributed by atoms with Gasteiger partial charge in [-0.15, -0.1) is 11.3 Å². The molecule has 1 N–H and O–H groups in total. The summed E-state index contributed by atoms with van der Waals surface area (Å²) < 4.78 is 0.495. The number of aryl methyl sites for hydroxylation is 1. The predicted molar refractivity (Wildman–Crippen MR) is 111 cm³/mol. The first-order chi connectivity index (χ1) is 13.4. The first-order valence-corrected chi connectivity index (χ1v) is 10.1. The fourth-order valence-electron chi connectivity index (χ4n) is 3.49. The molecule has 142 valence electrons. The highest BCUT2D eigenvalue weighted by molar-refractivity contribution is 7.18. The maximum Gasteiger partial charge on any atom is 0.264 e. The Bertz CT molecular complexity index is 1060. The highest BCUT2D eigenvalue weighted by Crippen LogP contribution is 2.43. The molecule has 0 spiro atoms. The third kappa shape index (κ3) is 3.26. The van der Waals surface area contributed by atoms with Crippen molar-refractivity contribution in [3.05, 3.63) is 86.6 Å². The standard InChI is InChI=1S/C22H18ClNO3S/c1-14-6-8-15(9-7-14)13-24-17-5-3-2-4-16(17)22(27,21(24)26)12-18(25)19-10-11-20(23)28-19/h2-11,27H,12-13H2,1H3/t22-/m1/s1. The largest absolute Gasteiger partial charge is 0.375 e. The molecule has 0 unspecified atom stereocenters. The molecule has 4 nitrogen and oxygen atoms in total. The Balaban J connectivity index is 1.67. The Hall–Kier alpha value is -2.47. The van der Waals surface area contributed by atoms with Gasteiger partial charge in [-0.1, -0.05) is 59.6 Å². The number of carbonyl (C=O) groups is 2. The van der Waals surface area contributed by atoms with Crippen LogP contribution in [0.4, 0.5) is 5.69 Å². The third-order valence-electron chi connectivity index (χ3n) is 4.97. The Kier molecular flexibility index (Phi) is 4.83. The number of fused-ring (bicyclic) bond motifs is 1. The van der Waals surface area contributed by atoms with E-state index in [-0.39, 0.29) is 12.2 Å². The zero-order valence-corrected chi connectivity index (χ0v) is 16.8. The summed E-state index contributed by atoms with van der Waals surface area (Å²) in [7, 11) is 0. The Morgan fingerprint density at radius 2 is 1.82 bits per heavy atom. The molecule has 2 heterocycles. The van der Waals surface area contributed by atoms with Crippen LogP contribution >= 0.6 is 22.9 Å². The maximum atomic E-state index is 13.2. The van der Waals surface area contributed by atoms with Crippen molar-refractivity contribution in [2.75, 3.05) is 4.90 Å². The van der Waals surface area contributed by atoms with E-state index in [1.165, 1.54) is 0 Å². The Morgan fingerprint density at radius 3 is 2.50 bits per heavy atom. The van der Waals surface area contributed by atoms with Gasteiger partial charge >= 0.3 is 0 Å². The molecule has 1 atom stereocenters. The summed E-state index contributed by atoms with van der Waals surface area (Å²) in [4.78, 5) is 27.9. The number of rotatable bonds is 5. The van der Waals surface area contributed by atoms with Crippen molar-refractivity contribution in [2.45, 2.75) is 25.5 Å². The zero-order valence-electron chi connectivity index (χ0n) is 15.2. The number of ketones is 1. The molecular formula is C22H18ClNO3S. The minimum atomic E-state index is -1.88. The van der Waals surface area contributed by atoms with Crippen molar-refractivity contribution < 1.29 is 14.7 Å². The third-order valence-corrected chi connectivity index (χ3v) is 6.24. The summed E-state index contributed by atoms with van der Waals surface area (Å²) in [6.45, 7) is 2.33. The molecule has 0 saturated heterocycles. The topological polar surface area (TPSA) is 57.6 Å². The van der Waals surface area contributed by atoms with Crippen LogP contribution < -0.4 is 4.90 Å². The predicted octanol–water partition coefficient (Wildman–Crippen LogP) is 4.72. The lowest BCUT2D eigenvalue weighted by atomic mass is 9.89. The number of Topliss-reactive ketones (excluding diaryl/α,β-unsaturated/α-hetero) is 1. The van der Waals surface area contributed by atoms with Crippen LogP contribution in [0, 0.1) is 6.92 Å². The second-order valence-electron chi connectivity index (χ2n) is 6.96. The van der Waals surface area contributed by atoms with Crippen LogP contribution in [0.15, 0.2) is 60.7 Å². The highest BCUT2D eigenvalue weighted by atomic mass is 35.5. The number of carbonyl (C=O) groups excluding carboxylic acids is 2. The second kappa shape index (κ2) is 7.17. The lowest BCUT2D eigenvalue weighted by molar-refractivity contribution is -0.136. The van der Waals surface area contributed by atoms with Gasteiger partial charge < -0.3 is 10.0 Å². The lowest BCUT2D eigenvalue weighted by Gasteiger charge is -2.22. The summed E-state index contributed by atoms with van der Waals surface area (Å²) in [5, 5.41) is 11.3. The van der Waals surface area contributed by atoms with Gasteiger partial charge in [-0.05, 0) is 30.7 Å². The number of thiophene rings is 1. The van der Waals surface area contributed by atoms with E-state index in [1.807, 2.05) is 37.3 Å². The van der Waals surface area contributed by atoms with Crippen molar-refractivity contribution >= 4 is 40.3 Å². The number of amides is 1. The summed E-state index contributed by atoms with van der Waals surface area (Å²) in [6.07, 6.45) is -0.315. The average molecular weight is 412 g/mol. The van der Waals surface area contributed by atoms with Crippen molar-refractivity contribution in [1.82, 2.24) is 0 Å². The molecule has 0 bridgehead atoms. The van der Waals surface area contributed by atoms with E-state index in [9.17, 15) is 14.7 Å². The molecule has 1 aromatic heterocycles. The van der Waals surface area contributed by atoms with Gasteiger partial charge in [0.2, 0.25) is 0 Å². The molecule has 0 aliphatic carbocycles. The molecule has 4 rings (SSSR count). The van der Waals surface area contributed by atoms with Gasteiger partial charge in [-0.25, -0.2) is 0 Å². The Morgan fingerprint density at radius 1 is 1.11 bits per heavy atom. The minimum absolute atomic E-state index is 0.306. The number of hydrogen-bond donors (Lipinski definition) is 1. The minimum Gasteiger partial charge on any atom is -0.375 e. The van der Waals surface area contributed by atoms with Gasteiger partial charge in [0, 0.05) is 5.56 Å². The van der Waals surface area contributed by atoms with Crippen molar-refractivity contribution in [2.24, 2.45) is 0 Å². The van der Waals surface area contributed by atoms with E-state index < -0.39 is 11.5 Å². The van der Waals surface area contributed by atoms with Crippen molar-refractivity contribution in [3.63, 3.8) is 0 Å². The molecule has 0 fully saturated rings. The average Bonchev–Trinajstić information content (AvgIpc) is 3.20. The summed E-state index contributed by atoms with van der Waals surface area (Å²) in [6, 6.07) is 18.2. The van der Waals surface area contributed by atoms with Crippen LogP contribution in [0.3, 0.4) is 0 Å². The van der Waals surface area contributed by atoms with E-state index in [1.54, 1.807) is 35.2 Å². The first kappa shape index (κ1) is 18.9. The number of benzene rings is 2. The smallest absolute Gasteiger partial charge is 0.264 e. The molecule has 3 aromatic rings. The van der Waals surface area contributed by atoms with Crippen molar-refractivity contribution in [1.29, 1.82) is 0 Å². The van der Waals surface area contributed by atoms with E-state index in [4.69, 9.17) is 11.6 Å². The molecule has 1 amide bonds. The molecule has 2 aromatic carbocycles. The number of halogens is 1. The number of aliphatic hydroxyl groups is 1. The van der Waals surface area contributed by atoms with Gasteiger partial charge in [0.25, 0.3) is 5.91 Å². The SMILES string of the molecule is Cc1ccc(CN2C(=O)[C@@](O)(CC(=O)c3ccc(Cl)s3)c3ccccc32)cc1. The fraction of sp³-hybridized carbons (Fsp3) is 0.182. The molecule has 1 aliphatic heterocycles. The van der Waals surface area contributed by atoms with Crippen LogP contribution in [-0.2, 0) is 16.9 Å². The maximum absolute atomic E-state index is 13.2. The van der Waals surface area contributed by atoms with Gasteiger partial charge in [0.1, 0.15) is 0 Å². The molecule has 6 heteroatoms. The number of hydrogen-bond acceptors (Lipinski definition) is 4. The number of anilines is 1. The zero-order chi connectivity index (χ0) is 19.9. The van der Waals surface area contributed by atoms with E-state index in [2.05, 4.69) is 0 Å². The van der Waals surface area contributed by atoms with Gasteiger partial charge in [0.15, 0.2) is 11.4 Å². The number of nitrogens with zero attached hydrogens (tertiary/aromatic N) is 1. The quantitative estimate of drug-likeness (QED) is 0.618. The normalized spacial score (nSPS) is 18.4. The van der Waals surface area contributed by atoms with Gasteiger partial charge in [0.05, 0.1) is 27.9 Å². The molecule has 0 saturated carbocycles. The van der Waals surface area contributed by atoms with Gasteiger partial charge in [-0.2, -0.15) is 0 Å². The summed E-state index contributed by atoms with van der Waals surface area (Å²) in [5.74, 6) is -0.787. The number of para-hydroxylation sites is 1.